The van der Waals surface area contributed by atoms with Gasteiger partial charge in [0.2, 0.25) is 5.95 Å². The molecule has 0 atom stereocenters. The zero-order valence-electron chi connectivity index (χ0n) is 14.3. The molecule has 1 aliphatic rings. The Morgan fingerprint density at radius 3 is 2.89 bits per heavy atom. The molecule has 4 heterocycles. The first-order chi connectivity index (χ1) is 13.1. The maximum absolute atomic E-state index is 13.8. The number of fused-ring (bicyclic) bond motifs is 2. The van der Waals surface area contributed by atoms with Crippen LogP contribution in [0.25, 0.3) is 27.7 Å². The smallest absolute Gasteiger partial charge is 0.267 e. The molecule has 0 aromatic carbocycles. The van der Waals surface area contributed by atoms with E-state index in [0.717, 1.165) is 22.0 Å². The molecular formula is C19H16F2N6. The maximum Gasteiger partial charge on any atom is 0.267 e. The molecule has 4 aromatic rings. The third kappa shape index (κ3) is 2.97. The van der Waals surface area contributed by atoms with Gasteiger partial charge < -0.3 is 5.32 Å². The molecule has 8 heteroatoms. The number of anilines is 1. The first-order valence-electron chi connectivity index (χ1n) is 8.77. The summed E-state index contributed by atoms with van der Waals surface area (Å²) < 4.78 is 29.3. The Hall–Kier alpha value is -3.16. The van der Waals surface area contributed by atoms with Crippen molar-refractivity contribution in [3.63, 3.8) is 0 Å². The van der Waals surface area contributed by atoms with Crippen LogP contribution < -0.4 is 5.32 Å². The second-order valence-corrected chi connectivity index (χ2v) is 6.80. The van der Waals surface area contributed by atoms with Crippen molar-refractivity contribution in [3.8, 4) is 11.1 Å². The molecule has 27 heavy (non-hydrogen) atoms. The van der Waals surface area contributed by atoms with Crippen LogP contribution in [0.3, 0.4) is 0 Å². The van der Waals surface area contributed by atoms with Gasteiger partial charge in [-0.3, -0.25) is 0 Å². The van der Waals surface area contributed by atoms with Gasteiger partial charge in [-0.15, -0.1) is 5.10 Å². The number of alkyl halides is 2. The third-order valence-electron chi connectivity index (χ3n) is 4.84. The second-order valence-electron chi connectivity index (χ2n) is 6.80. The van der Waals surface area contributed by atoms with E-state index in [4.69, 9.17) is 0 Å². The van der Waals surface area contributed by atoms with Gasteiger partial charge in [0.1, 0.15) is 0 Å². The summed E-state index contributed by atoms with van der Waals surface area (Å²) >= 11 is 0. The molecular weight excluding hydrogens is 350 g/mol. The van der Waals surface area contributed by atoms with Crippen molar-refractivity contribution in [2.45, 2.75) is 18.8 Å². The highest BCUT2D eigenvalue weighted by atomic mass is 19.3. The molecule has 0 spiro atoms. The van der Waals surface area contributed by atoms with E-state index in [9.17, 15) is 8.78 Å². The topological polar surface area (TPSA) is 68.0 Å². The lowest BCUT2D eigenvalue weighted by atomic mass is 10.1. The first kappa shape index (κ1) is 16.0. The van der Waals surface area contributed by atoms with Crippen LogP contribution >= 0.6 is 0 Å². The van der Waals surface area contributed by atoms with Gasteiger partial charge in [0, 0.05) is 41.0 Å². The number of nitrogens with one attached hydrogen (secondary N) is 1. The van der Waals surface area contributed by atoms with Crippen molar-refractivity contribution in [2.75, 3.05) is 11.9 Å². The lowest BCUT2D eigenvalue weighted by molar-refractivity contribution is -0.00833. The molecule has 1 saturated carbocycles. The van der Waals surface area contributed by atoms with Crippen molar-refractivity contribution in [1.82, 2.24) is 24.6 Å². The van der Waals surface area contributed by atoms with Crippen LogP contribution in [0.4, 0.5) is 14.7 Å². The molecule has 0 unspecified atom stereocenters. The van der Waals surface area contributed by atoms with E-state index in [1.807, 2.05) is 24.3 Å². The molecule has 5 rings (SSSR count). The zero-order valence-corrected chi connectivity index (χ0v) is 14.3. The largest absolute Gasteiger partial charge is 0.347 e. The summed E-state index contributed by atoms with van der Waals surface area (Å²) in [7, 11) is 0. The van der Waals surface area contributed by atoms with Gasteiger partial charge >= 0.3 is 0 Å². The van der Waals surface area contributed by atoms with Gasteiger partial charge in [-0.05, 0) is 37.1 Å². The van der Waals surface area contributed by atoms with Crippen molar-refractivity contribution in [2.24, 2.45) is 5.92 Å². The SMILES string of the molecule is FC(F)(CNc1ncc2c(-c3cnc4ncccc4c3)ccn2n1)C1CC1. The average molecular weight is 366 g/mol. The van der Waals surface area contributed by atoms with E-state index in [1.54, 1.807) is 29.3 Å². The minimum Gasteiger partial charge on any atom is -0.347 e. The highest BCUT2D eigenvalue weighted by Gasteiger charge is 2.46. The predicted molar refractivity (Wildman–Crippen MR) is 97.7 cm³/mol. The Morgan fingerprint density at radius 1 is 1.15 bits per heavy atom. The van der Waals surface area contributed by atoms with Crippen LogP contribution in [-0.4, -0.2) is 37.0 Å². The summed E-state index contributed by atoms with van der Waals surface area (Å²) in [5.41, 5.74) is 3.30. The summed E-state index contributed by atoms with van der Waals surface area (Å²) in [6.45, 7) is -0.446. The molecule has 1 aliphatic carbocycles. The summed E-state index contributed by atoms with van der Waals surface area (Å²) in [6.07, 6.45) is 8.05. The molecule has 0 aliphatic heterocycles. The molecule has 136 valence electrons. The van der Waals surface area contributed by atoms with Crippen molar-refractivity contribution in [1.29, 1.82) is 0 Å². The Kier molecular flexibility index (Phi) is 3.53. The van der Waals surface area contributed by atoms with Crippen LogP contribution in [0.2, 0.25) is 0 Å². The van der Waals surface area contributed by atoms with Crippen LogP contribution in [0.15, 0.2) is 49.1 Å². The van der Waals surface area contributed by atoms with Gasteiger partial charge in [0.05, 0.1) is 18.3 Å². The molecule has 1 N–H and O–H groups in total. The fraction of sp³-hybridized carbons (Fsp3) is 0.263. The standard InChI is InChI=1S/C19H16F2N6/c20-19(21,14-3-4-14)11-25-18-24-10-16-15(5-7-27(16)26-18)13-8-12-2-1-6-22-17(12)23-9-13/h1-2,5-10,14H,3-4,11H2,(H,25,26). The molecule has 0 saturated heterocycles. The van der Waals surface area contributed by atoms with E-state index in [0.29, 0.717) is 18.5 Å². The maximum atomic E-state index is 13.8. The Labute approximate surface area is 153 Å². The van der Waals surface area contributed by atoms with Gasteiger partial charge in [-0.25, -0.2) is 28.2 Å². The summed E-state index contributed by atoms with van der Waals surface area (Å²) in [4.78, 5) is 12.8. The van der Waals surface area contributed by atoms with E-state index in [1.165, 1.54) is 0 Å². The number of hydrogen-bond acceptors (Lipinski definition) is 5. The van der Waals surface area contributed by atoms with Crippen LogP contribution in [0.5, 0.6) is 0 Å². The molecule has 0 radical (unpaired) electrons. The summed E-state index contributed by atoms with van der Waals surface area (Å²) in [5.74, 6) is -3.04. The average Bonchev–Trinajstić information content (AvgIpc) is 3.47. The van der Waals surface area contributed by atoms with Crippen molar-refractivity contribution >= 4 is 22.5 Å². The molecule has 0 bridgehead atoms. The van der Waals surface area contributed by atoms with Crippen LogP contribution in [0, 0.1) is 5.92 Å². The fourth-order valence-corrected chi connectivity index (χ4v) is 3.19. The third-order valence-corrected chi connectivity index (χ3v) is 4.84. The molecule has 1 fully saturated rings. The number of aromatic nitrogens is 5. The summed E-state index contributed by atoms with van der Waals surface area (Å²) in [5, 5.41) is 7.89. The monoisotopic (exact) mass is 366 g/mol. The Balaban J connectivity index is 1.44. The molecule has 4 aromatic heterocycles. The molecule has 0 amide bonds. The summed E-state index contributed by atoms with van der Waals surface area (Å²) in [6, 6.07) is 7.73. The van der Waals surface area contributed by atoms with Gasteiger partial charge in [-0.2, -0.15) is 0 Å². The predicted octanol–water partition coefficient (Wildman–Crippen LogP) is 3.80. The van der Waals surface area contributed by atoms with Gasteiger partial charge in [0.25, 0.3) is 5.92 Å². The Bertz CT molecular complexity index is 1140. The number of pyridine rings is 2. The first-order valence-corrected chi connectivity index (χ1v) is 8.77. The lowest BCUT2D eigenvalue weighted by Crippen LogP contribution is -2.30. The molecule has 6 nitrogen and oxygen atoms in total. The fourth-order valence-electron chi connectivity index (χ4n) is 3.19. The van der Waals surface area contributed by atoms with E-state index < -0.39 is 18.4 Å². The zero-order chi connectivity index (χ0) is 18.4. The highest BCUT2D eigenvalue weighted by molar-refractivity contribution is 5.86. The normalized spacial score (nSPS) is 14.7. The van der Waals surface area contributed by atoms with Crippen molar-refractivity contribution < 1.29 is 8.78 Å². The minimum atomic E-state index is -2.72. The van der Waals surface area contributed by atoms with Crippen LogP contribution in [0.1, 0.15) is 12.8 Å². The van der Waals surface area contributed by atoms with E-state index in [-0.39, 0.29) is 5.95 Å². The number of nitrogens with zero attached hydrogens (tertiary/aromatic N) is 5. The number of rotatable bonds is 5. The quantitative estimate of drug-likeness (QED) is 0.582. The highest BCUT2D eigenvalue weighted by Crippen LogP contribution is 2.43. The Morgan fingerprint density at radius 2 is 2.04 bits per heavy atom. The van der Waals surface area contributed by atoms with E-state index >= 15 is 0 Å². The van der Waals surface area contributed by atoms with Gasteiger partial charge in [0.15, 0.2) is 5.65 Å². The minimum absolute atomic E-state index is 0.186. The lowest BCUT2D eigenvalue weighted by Gasteiger charge is -2.15. The second kappa shape index (κ2) is 5.94. The number of halogens is 2. The van der Waals surface area contributed by atoms with Gasteiger partial charge in [-0.1, -0.05) is 0 Å². The van der Waals surface area contributed by atoms with Crippen LogP contribution in [-0.2, 0) is 0 Å². The van der Waals surface area contributed by atoms with Crippen molar-refractivity contribution in [3.05, 3.63) is 49.1 Å². The van der Waals surface area contributed by atoms with E-state index in [2.05, 4.69) is 25.4 Å². The number of hydrogen-bond donors (Lipinski definition) is 1.